The zero-order valence-corrected chi connectivity index (χ0v) is 19.0. The van der Waals surface area contributed by atoms with Crippen molar-refractivity contribution in [1.29, 1.82) is 0 Å². The molecule has 0 amide bonds. The van der Waals surface area contributed by atoms with Crippen molar-refractivity contribution in [2.24, 2.45) is 0 Å². The van der Waals surface area contributed by atoms with Crippen LogP contribution in [0.15, 0.2) is 60.7 Å². The Hall–Kier alpha value is -3.75. The Kier molecular flexibility index (Phi) is 6.39. The third-order valence-corrected chi connectivity index (χ3v) is 5.98. The van der Waals surface area contributed by atoms with E-state index in [0.717, 1.165) is 34.2 Å². The summed E-state index contributed by atoms with van der Waals surface area (Å²) in [5, 5.41) is 11.7. The Morgan fingerprint density at radius 1 is 0.970 bits per heavy atom. The third kappa shape index (κ3) is 4.72. The van der Waals surface area contributed by atoms with Crippen LogP contribution in [0.5, 0.6) is 11.5 Å². The molecule has 0 heterocycles. The predicted octanol–water partition coefficient (Wildman–Crippen LogP) is 4.27. The maximum absolute atomic E-state index is 11.7. The van der Waals surface area contributed by atoms with Gasteiger partial charge < -0.3 is 19.3 Å². The molecule has 1 aliphatic rings. The normalized spacial score (nSPS) is 16.4. The molecule has 33 heavy (non-hydrogen) atoms. The second-order valence-electron chi connectivity index (χ2n) is 8.09. The summed E-state index contributed by atoms with van der Waals surface area (Å²) in [7, 11) is 4.59. The molecule has 4 rings (SSSR count). The number of methoxy groups -OCH3 is 3. The molecule has 3 aromatic rings. The fourth-order valence-corrected chi connectivity index (χ4v) is 4.36. The number of carbonyl (C=O) groups excluding carboxylic acids is 1. The molecule has 0 saturated carbocycles. The number of ether oxygens (including phenoxy) is 3. The van der Waals surface area contributed by atoms with Crippen LogP contribution < -0.4 is 9.47 Å². The summed E-state index contributed by atoms with van der Waals surface area (Å²) in [6, 6.07) is 18.6. The van der Waals surface area contributed by atoms with Crippen molar-refractivity contribution in [2.45, 2.75) is 24.9 Å². The summed E-state index contributed by atoms with van der Waals surface area (Å²) in [4.78, 5) is 11.6. The fourth-order valence-electron chi connectivity index (χ4n) is 4.36. The van der Waals surface area contributed by atoms with E-state index in [1.165, 1.54) is 7.11 Å². The highest BCUT2D eigenvalue weighted by molar-refractivity contribution is 5.89. The van der Waals surface area contributed by atoms with E-state index >= 15 is 0 Å². The topological polar surface area (TPSA) is 65.0 Å². The first kappa shape index (κ1) is 22.4. The van der Waals surface area contributed by atoms with Gasteiger partial charge in [0.25, 0.3) is 0 Å². The second-order valence-corrected chi connectivity index (χ2v) is 8.09. The van der Waals surface area contributed by atoms with Gasteiger partial charge in [-0.3, -0.25) is 0 Å². The maximum atomic E-state index is 11.7. The molecule has 5 heteroatoms. The van der Waals surface area contributed by atoms with Crippen LogP contribution in [0, 0.1) is 11.8 Å². The fraction of sp³-hybridized carbons (Fsp3) is 0.250. The molecular formula is C28H26O5. The summed E-state index contributed by atoms with van der Waals surface area (Å²) in [6.07, 6.45) is 1.84. The molecule has 0 aliphatic heterocycles. The SMILES string of the molecule is COC(=O)c1ccc(C#Cc2cccc3c2C(O)(Cc2cc(OC)cc(OC)c2)CC3)cc1. The zero-order chi connectivity index (χ0) is 23.4. The minimum Gasteiger partial charge on any atom is -0.497 e. The number of fused-ring (bicyclic) bond motifs is 1. The highest BCUT2D eigenvalue weighted by Gasteiger charge is 2.38. The van der Waals surface area contributed by atoms with E-state index in [2.05, 4.69) is 17.9 Å². The number of aryl methyl sites for hydroxylation is 1. The molecular weight excluding hydrogens is 416 g/mol. The van der Waals surface area contributed by atoms with Gasteiger partial charge in [0, 0.05) is 29.2 Å². The monoisotopic (exact) mass is 442 g/mol. The minimum atomic E-state index is -1.03. The van der Waals surface area contributed by atoms with Gasteiger partial charge in [0.05, 0.1) is 32.5 Å². The van der Waals surface area contributed by atoms with Crippen LogP contribution in [-0.4, -0.2) is 32.4 Å². The second kappa shape index (κ2) is 9.40. The van der Waals surface area contributed by atoms with Crippen molar-refractivity contribution < 1.29 is 24.1 Å². The van der Waals surface area contributed by atoms with Crippen LogP contribution in [-0.2, 0) is 23.2 Å². The lowest BCUT2D eigenvalue weighted by molar-refractivity contribution is 0.0386. The average Bonchev–Trinajstić information content (AvgIpc) is 3.19. The third-order valence-electron chi connectivity index (χ3n) is 5.98. The molecule has 1 N–H and O–H groups in total. The number of aliphatic hydroxyl groups is 1. The Morgan fingerprint density at radius 2 is 1.67 bits per heavy atom. The van der Waals surface area contributed by atoms with Crippen molar-refractivity contribution in [3.63, 3.8) is 0 Å². The van der Waals surface area contributed by atoms with E-state index in [1.54, 1.807) is 38.5 Å². The highest BCUT2D eigenvalue weighted by atomic mass is 16.5. The van der Waals surface area contributed by atoms with Crippen LogP contribution in [0.3, 0.4) is 0 Å². The molecule has 0 fully saturated rings. The molecule has 0 aromatic heterocycles. The Morgan fingerprint density at radius 3 is 2.30 bits per heavy atom. The Labute approximate surface area is 193 Å². The molecule has 1 aliphatic carbocycles. The van der Waals surface area contributed by atoms with Crippen LogP contribution in [0.4, 0.5) is 0 Å². The van der Waals surface area contributed by atoms with Crippen molar-refractivity contribution in [3.8, 4) is 23.3 Å². The van der Waals surface area contributed by atoms with E-state index in [-0.39, 0.29) is 5.97 Å². The van der Waals surface area contributed by atoms with Gasteiger partial charge in [-0.2, -0.15) is 0 Å². The highest BCUT2D eigenvalue weighted by Crippen LogP contribution is 2.42. The molecule has 1 unspecified atom stereocenters. The summed E-state index contributed by atoms with van der Waals surface area (Å²) in [5.41, 5.74) is 3.95. The van der Waals surface area contributed by atoms with Gasteiger partial charge in [-0.15, -0.1) is 0 Å². The van der Waals surface area contributed by atoms with Crippen LogP contribution in [0.2, 0.25) is 0 Å². The molecule has 1 atom stereocenters. The van der Waals surface area contributed by atoms with Gasteiger partial charge in [0.1, 0.15) is 11.5 Å². The van der Waals surface area contributed by atoms with Crippen LogP contribution in [0.25, 0.3) is 0 Å². The standard InChI is InChI=1S/C28H26O5/c1-31-24-15-20(16-25(17-24)32-2)18-28(30)14-13-22-6-4-5-21(26(22)28)10-7-19-8-11-23(12-9-19)27(29)33-3/h4-6,8-9,11-12,15-17,30H,13-14,18H2,1-3H3. The van der Waals surface area contributed by atoms with Crippen LogP contribution in [0.1, 0.15) is 44.6 Å². The van der Waals surface area contributed by atoms with E-state index in [0.29, 0.717) is 29.9 Å². The Balaban J connectivity index is 1.66. The predicted molar refractivity (Wildman–Crippen MR) is 126 cm³/mol. The number of hydrogen-bond acceptors (Lipinski definition) is 5. The van der Waals surface area contributed by atoms with E-state index in [1.807, 2.05) is 30.3 Å². The lowest BCUT2D eigenvalue weighted by atomic mass is 9.86. The van der Waals surface area contributed by atoms with Gasteiger partial charge in [0.2, 0.25) is 0 Å². The molecule has 0 bridgehead atoms. The minimum absolute atomic E-state index is 0.380. The summed E-state index contributed by atoms with van der Waals surface area (Å²) < 4.78 is 15.5. The van der Waals surface area contributed by atoms with Gasteiger partial charge in [-0.05, 0) is 66.4 Å². The largest absolute Gasteiger partial charge is 0.497 e. The van der Waals surface area contributed by atoms with E-state index in [4.69, 9.17) is 14.2 Å². The number of rotatable bonds is 5. The number of carbonyl (C=O) groups is 1. The first-order valence-electron chi connectivity index (χ1n) is 10.7. The average molecular weight is 443 g/mol. The quantitative estimate of drug-likeness (QED) is 0.472. The van der Waals surface area contributed by atoms with Gasteiger partial charge in [-0.25, -0.2) is 4.79 Å². The molecule has 0 saturated heterocycles. The van der Waals surface area contributed by atoms with Crippen molar-refractivity contribution in [2.75, 3.05) is 21.3 Å². The lowest BCUT2D eigenvalue weighted by Crippen LogP contribution is -2.26. The molecule has 5 nitrogen and oxygen atoms in total. The Bertz CT molecular complexity index is 1210. The smallest absolute Gasteiger partial charge is 0.337 e. The van der Waals surface area contributed by atoms with Gasteiger partial charge >= 0.3 is 5.97 Å². The van der Waals surface area contributed by atoms with Gasteiger partial charge in [-0.1, -0.05) is 24.0 Å². The van der Waals surface area contributed by atoms with Crippen molar-refractivity contribution in [3.05, 3.63) is 94.0 Å². The lowest BCUT2D eigenvalue weighted by Gasteiger charge is -2.26. The number of esters is 1. The van der Waals surface area contributed by atoms with Crippen molar-refractivity contribution >= 4 is 5.97 Å². The number of benzene rings is 3. The summed E-state index contributed by atoms with van der Waals surface area (Å²) in [6.45, 7) is 0. The first-order valence-corrected chi connectivity index (χ1v) is 10.7. The summed E-state index contributed by atoms with van der Waals surface area (Å²) >= 11 is 0. The number of hydrogen-bond donors (Lipinski definition) is 1. The zero-order valence-electron chi connectivity index (χ0n) is 19.0. The van der Waals surface area contributed by atoms with Crippen molar-refractivity contribution in [1.82, 2.24) is 0 Å². The maximum Gasteiger partial charge on any atom is 0.337 e. The first-order chi connectivity index (χ1) is 16.0. The van der Waals surface area contributed by atoms with E-state index in [9.17, 15) is 9.90 Å². The molecule has 0 radical (unpaired) electrons. The van der Waals surface area contributed by atoms with Gasteiger partial charge in [0.15, 0.2) is 0 Å². The molecule has 168 valence electrons. The molecule has 0 spiro atoms. The summed E-state index contributed by atoms with van der Waals surface area (Å²) in [5.74, 6) is 7.39. The van der Waals surface area contributed by atoms with Crippen LogP contribution >= 0.6 is 0 Å². The van der Waals surface area contributed by atoms with E-state index < -0.39 is 5.60 Å². The molecule has 3 aromatic carbocycles.